The van der Waals surface area contributed by atoms with E-state index < -0.39 is 4.92 Å². The lowest BCUT2D eigenvalue weighted by molar-refractivity contribution is -0.384. The van der Waals surface area contributed by atoms with Crippen molar-refractivity contribution in [3.8, 4) is 0 Å². The van der Waals surface area contributed by atoms with Crippen LogP contribution >= 0.6 is 0 Å². The van der Waals surface area contributed by atoms with E-state index in [2.05, 4.69) is 5.32 Å². The van der Waals surface area contributed by atoms with Gasteiger partial charge in [-0.1, -0.05) is 29.8 Å². The Hall–Kier alpha value is -2.89. The van der Waals surface area contributed by atoms with Crippen LogP contribution in [0.4, 0.5) is 17.1 Å². The van der Waals surface area contributed by atoms with Crippen molar-refractivity contribution in [3.63, 3.8) is 0 Å². The molecule has 0 aliphatic carbocycles. The second kappa shape index (κ2) is 7.40. The predicted octanol–water partition coefficient (Wildman–Crippen LogP) is 3.45. The van der Waals surface area contributed by atoms with Gasteiger partial charge in [0.2, 0.25) is 5.91 Å². The predicted molar refractivity (Wildman–Crippen MR) is 90.3 cm³/mol. The fourth-order valence-electron chi connectivity index (χ4n) is 2.19. The smallest absolute Gasteiger partial charge is 0.271 e. The van der Waals surface area contributed by atoms with Crippen LogP contribution in [-0.2, 0) is 11.2 Å². The second-order valence-electron chi connectivity index (χ2n) is 5.42. The van der Waals surface area contributed by atoms with Gasteiger partial charge in [-0.2, -0.15) is 0 Å². The molecule has 6 heteroatoms. The minimum Gasteiger partial charge on any atom is -0.397 e. The number of hydrogen-bond donors (Lipinski definition) is 2. The summed E-state index contributed by atoms with van der Waals surface area (Å²) in [6.45, 7) is 2.03. The highest BCUT2D eigenvalue weighted by molar-refractivity contribution is 5.94. The fraction of sp³-hybridized carbons (Fsp3) is 0.235. The summed E-state index contributed by atoms with van der Waals surface area (Å²) in [4.78, 5) is 22.2. The van der Waals surface area contributed by atoms with E-state index in [0.29, 0.717) is 18.5 Å². The van der Waals surface area contributed by atoms with Gasteiger partial charge < -0.3 is 11.1 Å². The number of amides is 1. The summed E-state index contributed by atoms with van der Waals surface area (Å²) in [5, 5.41) is 13.4. The second-order valence-corrected chi connectivity index (χ2v) is 5.42. The third-order valence-corrected chi connectivity index (χ3v) is 3.51. The molecular formula is C17H19N3O3. The molecule has 0 saturated carbocycles. The number of anilines is 2. The monoisotopic (exact) mass is 313 g/mol. The number of benzene rings is 2. The van der Waals surface area contributed by atoms with Crippen molar-refractivity contribution in [2.75, 3.05) is 11.1 Å². The normalized spacial score (nSPS) is 10.3. The first-order valence-electron chi connectivity index (χ1n) is 7.35. The molecule has 2 rings (SSSR count). The number of nitro benzene ring substituents is 1. The molecule has 0 aromatic heterocycles. The minimum absolute atomic E-state index is 0.103. The third kappa shape index (κ3) is 4.81. The molecule has 2 aromatic carbocycles. The van der Waals surface area contributed by atoms with Gasteiger partial charge >= 0.3 is 0 Å². The molecule has 0 bridgehead atoms. The molecular weight excluding hydrogens is 294 g/mol. The molecule has 0 heterocycles. The van der Waals surface area contributed by atoms with Crippen LogP contribution in [0.25, 0.3) is 0 Å². The molecule has 6 nitrogen and oxygen atoms in total. The van der Waals surface area contributed by atoms with Crippen molar-refractivity contribution < 1.29 is 9.72 Å². The maximum atomic E-state index is 12.0. The number of nitro groups is 1. The summed E-state index contributed by atoms with van der Waals surface area (Å²) in [6, 6.07) is 12.2. The summed E-state index contributed by atoms with van der Waals surface area (Å²) in [6.07, 6.45) is 1.83. The Morgan fingerprint density at radius 3 is 2.57 bits per heavy atom. The molecule has 0 radical (unpaired) electrons. The highest BCUT2D eigenvalue weighted by atomic mass is 16.6. The highest BCUT2D eigenvalue weighted by Crippen LogP contribution is 2.24. The zero-order chi connectivity index (χ0) is 16.8. The fourth-order valence-corrected chi connectivity index (χ4v) is 2.19. The van der Waals surface area contributed by atoms with Gasteiger partial charge in [-0.15, -0.1) is 0 Å². The maximum Gasteiger partial charge on any atom is 0.271 e. The van der Waals surface area contributed by atoms with Gasteiger partial charge in [0.25, 0.3) is 5.69 Å². The molecule has 0 aliphatic rings. The third-order valence-electron chi connectivity index (χ3n) is 3.51. The summed E-state index contributed by atoms with van der Waals surface area (Å²) >= 11 is 0. The van der Waals surface area contributed by atoms with Crippen molar-refractivity contribution in [3.05, 3.63) is 63.7 Å². The first kappa shape index (κ1) is 16.5. The van der Waals surface area contributed by atoms with E-state index in [9.17, 15) is 14.9 Å². The van der Waals surface area contributed by atoms with Crippen LogP contribution in [0, 0.1) is 17.0 Å². The van der Waals surface area contributed by atoms with Gasteiger partial charge in [-0.25, -0.2) is 0 Å². The Bertz CT molecular complexity index is 712. The molecule has 0 atom stereocenters. The van der Waals surface area contributed by atoms with Crippen LogP contribution < -0.4 is 11.1 Å². The quantitative estimate of drug-likeness (QED) is 0.485. The number of nitrogen functional groups attached to an aromatic ring is 1. The summed E-state index contributed by atoms with van der Waals surface area (Å²) in [5.41, 5.74) is 8.60. The van der Waals surface area contributed by atoms with Crippen LogP contribution in [-0.4, -0.2) is 10.8 Å². The number of nitrogens with one attached hydrogen (secondary N) is 1. The first-order valence-corrected chi connectivity index (χ1v) is 7.35. The molecule has 3 N–H and O–H groups in total. The van der Waals surface area contributed by atoms with Crippen molar-refractivity contribution in [2.24, 2.45) is 0 Å². The van der Waals surface area contributed by atoms with Crippen molar-refractivity contribution in [2.45, 2.75) is 26.2 Å². The lowest BCUT2D eigenvalue weighted by atomic mass is 10.1. The van der Waals surface area contributed by atoms with E-state index in [4.69, 9.17) is 5.73 Å². The number of aryl methyl sites for hydroxylation is 2. The number of nitrogens with two attached hydrogens (primary N) is 1. The van der Waals surface area contributed by atoms with Crippen LogP contribution in [0.1, 0.15) is 24.0 Å². The number of carbonyl (C=O) groups excluding carboxylic acids is 1. The van der Waals surface area contributed by atoms with Gasteiger partial charge in [-0.3, -0.25) is 14.9 Å². The minimum atomic E-state index is -0.521. The topological polar surface area (TPSA) is 98.3 Å². The van der Waals surface area contributed by atoms with Crippen molar-refractivity contribution >= 4 is 23.0 Å². The van der Waals surface area contributed by atoms with Crippen molar-refractivity contribution in [1.29, 1.82) is 0 Å². The van der Waals surface area contributed by atoms with E-state index in [-0.39, 0.29) is 17.3 Å². The molecule has 0 saturated heterocycles. The van der Waals surface area contributed by atoms with E-state index in [1.54, 1.807) is 0 Å². The van der Waals surface area contributed by atoms with Crippen LogP contribution in [0.2, 0.25) is 0 Å². The highest BCUT2D eigenvalue weighted by Gasteiger charge is 2.11. The van der Waals surface area contributed by atoms with Crippen molar-refractivity contribution in [1.82, 2.24) is 0 Å². The average Bonchev–Trinajstić information content (AvgIpc) is 2.51. The number of carbonyl (C=O) groups is 1. The number of non-ortho nitro benzene ring substituents is 1. The Kier molecular flexibility index (Phi) is 5.30. The van der Waals surface area contributed by atoms with Gasteiger partial charge in [0.1, 0.15) is 0 Å². The molecule has 0 aliphatic heterocycles. The Morgan fingerprint density at radius 2 is 1.91 bits per heavy atom. The lowest BCUT2D eigenvalue weighted by Gasteiger charge is -2.08. The first-order chi connectivity index (χ1) is 11.0. The largest absolute Gasteiger partial charge is 0.397 e. The van der Waals surface area contributed by atoms with E-state index >= 15 is 0 Å². The SMILES string of the molecule is Cc1ccc(CCCC(=O)Nc2cc([N+](=O)[O-])ccc2N)cc1. The van der Waals surface area contributed by atoms with E-state index in [0.717, 1.165) is 6.42 Å². The van der Waals surface area contributed by atoms with Crippen LogP contribution in [0.5, 0.6) is 0 Å². The summed E-state index contributed by atoms with van der Waals surface area (Å²) in [5.74, 6) is -0.204. The van der Waals surface area contributed by atoms with E-state index in [1.807, 2.05) is 31.2 Å². The molecule has 0 spiro atoms. The average molecular weight is 313 g/mol. The zero-order valence-electron chi connectivity index (χ0n) is 12.9. The number of rotatable bonds is 6. The lowest BCUT2D eigenvalue weighted by Crippen LogP contribution is -2.13. The van der Waals surface area contributed by atoms with Gasteiger partial charge in [0.15, 0.2) is 0 Å². The van der Waals surface area contributed by atoms with Crippen LogP contribution in [0.15, 0.2) is 42.5 Å². The molecule has 1 amide bonds. The molecule has 120 valence electrons. The molecule has 2 aromatic rings. The number of hydrogen-bond acceptors (Lipinski definition) is 4. The Labute approximate surface area is 134 Å². The standard InChI is InChI=1S/C17H19N3O3/c1-12-5-7-13(8-6-12)3-2-4-17(21)19-16-11-14(20(22)23)9-10-15(16)18/h5-11H,2-4,18H2,1H3,(H,19,21). The summed E-state index contributed by atoms with van der Waals surface area (Å²) < 4.78 is 0. The zero-order valence-corrected chi connectivity index (χ0v) is 12.9. The molecule has 0 fully saturated rings. The molecule has 0 unspecified atom stereocenters. The maximum absolute atomic E-state index is 12.0. The van der Waals surface area contributed by atoms with Crippen LogP contribution in [0.3, 0.4) is 0 Å². The Balaban J connectivity index is 1.88. The van der Waals surface area contributed by atoms with Gasteiger partial charge in [-0.05, 0) is 31.4 Å². The van der Waals surface area contributed by atoms with E-state index in [1.165, 1.54) is 29.3 Å². The molecule has 23 heavy (non-hydrogen) atoms. The Morgan fingerprint density at radius 1 is 1.22 bits per heavy atom. The van der Waals surface area contributed by atoms with Gasteiger partial charge in [0.05, 0.1) is 16.3 Å². The van der Waals surface area contributed by atoms with Gasteiger partial charge in [0, 0.05) is 18.6 Å². The summed E-state index contributed by atoms with van der Waals surface area (Å²) in [7, 11) is 0. The number of nitrogens with zero attached hydrogens (tertiary/aromatic N) is 1.